The van der Waals surface area contributed by atoms with Gasteiger partial charge in [0, 0.05) is 17.0 Å². The molecule has 0 aromatic heterocycles. The Hall–Kier alpha value is -1.67. The maximum atomic E-state index is 11.0. The first-order valence-corrected chi connectivity index (χ1v) is 6.27. The van der Waals surface area contributed by atoms with Crippen LogP contribution in [-0.4, -0.2) is 30.5 Å². The molecule has 1 aromatic rings. The van der Waals surface area contributed by atoms with Crippen LogP contribution in [0.1, 0.15) is 6.42 Å². The SMILES string of the molecule is CNC(CCOc1cc(Br)cc([N+](=O)[O-])c1)C(N)=O. The molecule has 0 fully saturated rings. The third-order valence-corrected chi connectivity index (χ3v) is 2.89. The zero-order valence-electron chi connectivity index (χ0n) is 10.3. The minimum Gasteiger partial charge on any atom is -0.493 e. The number of non-ortho nitro benzene ring substituents is 1. The molecule has 1 amide bonds. The van der Waals surface area contributed by atoms with Crippen LogP contribution in [0.4, 0.5) is 5.69 Å². The fourth-order valence-corrected chi connectivity index (χ4v) is 1.92. The lowest BCUT2D eigenvalue weighted by molar-refractivity contribution is -0.385. The molecule has 0 saturated heterocycles. The first-order valence-electron chi connectivity index (χ1n) is 5.48. The minimum atomic E-state index is -0.503. The molecule has 1 aromatic carbocycles. The normalized spacial score (nSPS) is 11.9. The molecule has 8 heteroatoms. The molecule has 0 aliphatic carbocycles. The van der Waals surface area contributed by atoms with Crippen LogP contribution in [0.15, 0.2) is 22.7 Å². The molecule has 0 radical (unpaired) electrons. The van der Waals surface area contributed by atoms with Crippen molar-refractivity contribution in [2.75, 3.05) is 13.7 Å². The first-order chi connectivity index (χ1) is 8.93. The number of primary amides is 1. The molecule has 0 aliphatic heterocycles. The second kappa shape index (κ2) is 7.05. The van der Waals surface area contributed by atoms with E-state index in [0.29, 0.717) is 16.6 Å². The van der Waals surface area contributed by atoms with E-state index in [1.165, 1.54) is 12.1 Å². The van der Waals surface area contributed by atoms with Crippen molar-refractivity contribution in [3.8, 4) is 5.75 Å². The fourth-order valence-electron chi connectivity index (χ4n) is 1.46. The van der Waals surface area contributed by atoms with Crippen molar-refractivity contribution in [2.24, 2.45) is 5.73 Å². The van der Waals surface area contributed by atoms with Gasteiger partial charge in [0.05, 0.1) is 23.6 Å². The summed E-state index contributed by atoms with van der Waals surface area (Å²) in [6, 6.07) is 3.84. The van der Waals surface area contributed by atoms with Gasteiger partial charge in [-0.05, 0) is 13.1 Å². The van der Waals surface area contributed by atoms with Crippen LogP contribution in [0.2, 0.25) is 0 Å². The molecule has 0 heterocycles. The van der Waals surface area contributed by atoms with Gasteiger partial charge in [0.25, 0.3) is 5.69 Å². The van der Waals surface area contributed by atoms with Crippen LogP contribution >= 0.6 is 15.9 Å². The Balaban J connectivity index is 2.63. The van der Waals surface area contributed by atoms with Crippen LogP contribution in [-0.2, 0) is 4.79 Å². The highest BCUT2D eigenvalue weighted by atomic mass is 79.9. The van der Waals surface area contributed by atoms with Crippen molar-refractivity contribution in [1.29, 1.82) is 0 Å². The van der Waals surface area contributed by atoms with Crippen LogP contribution in [0.25, 0.3) is 0 Å². The number of amides is 1. The number of carbonyl (C=O) groups excluding carboxylic acids is 1. The Morgan fingerprint density at radius 2 is 2.26 bits per heavy atom. The zero-order chi connectivity index (χ0) is 14.4. The summed E-state index contributed by atoms with van der Waals surface area (Å²) >= 11 is 3.17. The Bertz CT molecular complexity index is 481. The van der Waals surface area contributed by atoms with Gasteiger partial charge in [-0.1, -0.05) is 15.9 Å². The number of carbonyl (C=O) groups is 1. The highest BCUT2D eigenvalue weighted by molar-refractivity contribution is 9.10. The van der Waals surface area contributed by atoms with E-state index < -0.39 is 16.9 Å². The molecule has 7 nitrogen and oxygen atoms in total. The van der Waals surface area contributed by atoms with Crippen molar-refractivity contribution in [3.05, 3.63) is 32.8 Å². The van der Waals surface area contributed by atoms with Gasteiger partial charge in [-0.25, -0.2) is 0 Å². The van der Waals surface area contributed by atoms with Gasteiger partial charge in [-0.2, -0.15) is 0 Å². The Labute approximate surface area is 118 Å². The summed E-state index contributed by atoms with van der Waals surface area (Å²) in [6.45, 7) is 0.224. The van der Waals surface area contributed by atoms with Gasteiger partial charge in [-0.15, -0.1) is 0 Å². The number of nitro groups is 1. The number of nitrogens with two attached hydrogens (primary N) is 1. The number of halogens is 1. The predicted octanol–water partition coefficient (Wildman–Crippen LogP) is 1.20. The third kappa shape index (κ3) is 4.84. The van der Waals surface area contributed by atoms with E-state index in [2.05, 4.69) is 21.2 Å². The summed E-state index contributed by atoms with van der Waals surface area (Å²) in [6.07, 6.45) is 0.381. The molecule has 0 bridgehead atoms. The van der Waals surface area contributed by atoms with Crippen LogP contribution in [0.5, 0.6) is 5.75 Å². The first kappa shape index (κ1) is 15.4. The third-order valence-electron chi connectivity index (χ3n) is 2.43. The summed E-state index contributed by atoms with van der Waals surface area (Å²) in [4.78, 5) is 21.2. The van der Waals surface area contributed by atoms with E-state index in [1.54, 1.807) is 13.1 Å². The molecule has 104 valence electrons. The van der Waals surface area contributed by atoms with Gasteiger partial charge in [0.15, 0.2) is 0 Å². The standard InChI is InChI=1S/C11H14BrN3O4/c1-14-10(11(13)16)2-3-19-9-5-7(12)4-8(6-9)15(17)18/h4-6,10,14H,2-3H2,1H3,(H2,13,16). The van der Waals surface area contributed by atoms with E-state index in [-0.39, 0.29) is 12.3 Å². The average Bonchev–Trinajstić information content (AvgIpc) is 2.33. The van der Waals surface area contributed by atoms with Gasteiger partial charge in [0.1, 0.15) is 5.75 Å². The van der Waals surface area contributed by atoms with Gasteiger partial charge >= 0.3 is 0 Å². The van der Waals surface area contributed by atoms with Crippen LogP contribution in [0.3, 0.4) is 0 Å². The lowest BCUT2D eigenvalue weighted by Crippen LogP contribution is -2.40. The number of nitrogens with zero attached hydrogens (tertiary/aromatic N) is 1. The molecule has 3 N–H and O–H groups in total. The molecule has 1 atom stereocenters. The summed E-state index contributed by atoms with van der Waals surface area (Å²) in [5, 5.41) is 13.4. The number of benzene rings is 1. The predicted molar refractivity (Wildman–Crippen MR) is 73.0 cm³/mol. The second-order valence-electron chi connectivity index (χ2n) is 3.78. The number of hydrogen-bond acceptors (Lipinski definition) is 5. The smallest absolute Gasteiger partial charge is 0.274 e. The second-order valence-corrected chi connectivity index (χ2v) is 4.70. The van der Waals surface area contributed by atoms with Crippen molar-refractivity contribution in [2.45, 2.75) is 12.5 Å². The van der Waals surface area contributed by atoms with E-state index in [4.69, 9.17) is 10.5 Å². The quantitative estimate of drug-likeness (QED) is 0.576. The molecule has 0 aliphatic rings. The molecular formula is C11H14BrN3O4. The lowest BCUT2D eigenvalue weighted by atomic mass is 10.2. The number of hydrogen-bond donors (Lipinski definition) is 2. The number of nitrogens with one attached hydrogen (secondary N) is 1. The molecule has 1 unspecified atom stereocenters. The van der Waals surface area contributed by atoms with Gasteiger partial charge in [-0.3, -0.25) is 14.9 Å². The van der Waals surface area contributed by atoms with Gasteiger partial charge < -0.3 is 15.8 Å². The Kier molecular flexibility index (Phi) is 5.71. The van der Waals surface area contributed by atoms with E-state index >= 15 is 0 Å². The maximum absolute atomic E-state index is 11.0. The highest BCUT2D eigenvalue weighted by Crippen LogP contribution is 2.26. The largest absolute Gasteiger partial charge is 0.493 e. The van der Waals surface area contributed by atoms with Crippen LogP contribution < -0.4 is 15.8 Å². The lowest BCUT2D eigenvalue weighted by Gasteiger charge is -2.12. The van der Waals surface area contributed by atoms with Gasteiger partial charge in [0.2, 0.25) is 5.91 Å². The number of ether oxygens (including phenoxy) is 1. The topological polar surface area (TPSA) is 107 Å². The summed E-state index contributed by atoms with van der Waals surface area (Å²) in [5.41, 5.74) is 5.10. The van der Waals surface area contributed by atoms with Crippen molar-refractivity contribution < 1.29 is 14.5 Å². The number of nitro benzene ring substituents is 1. The Morgan fingerprint density at radius 1 is 1.58 bits per heavy atom. The number of rotatable bonds is 7. The zero-order valence-corrected chi connectivity index (χ0v) is 11.8. The number of likely N-dealkylation sites (N-methyl/N-ethyl adjacent to an activating group) is 1. The molecule has 19 heavy (non-hydrogen) atoms. The van der Waals surface area contributed by atoms with Crippen LogP contribution in [0, 0.1) is 10.1 Å². The van der Waals surface area contributed by atoms with E-state index in [1.807, 2.05) is 0 Å². The molecule has 0 spiro atoms. The Morgan fingerprint density at radius 3 is 2.79 bits per heavy atom. The summed E-state index contributed by atoms with van der Waals surface area (Å²) in [7, 11) is 1.62. The average molecular weight is 332 g/mol. The monoisotopic (exact) mass is 331 g/mol. The minimum absolute atomic E-state index is 0.0653. The summed E-state index contributed by atoms with van der Waals surface area (Å²) in [5.74, 6) is -0.105. The van der Waals surface area contributed by atoms with Crippen molar-refractivity contribution >= 4 is 27.5 Å². The van der Waals surface area contributed by atoms with Crippen molar-refractivity contribution in [1.82, 2.24) is 5.32 Å². The molecular weight excluding hydrogens is 318 g/mol. The summed E-state index contributed by atoms with van der Waals surface area (Å²) < 4.78 is 5.93. The highest BCUT2D eigenvalue weighted by Gasteiger charge is 2.13. The molecule has 1 rings (SSSR count). The fraction of sp³-hybridized carbons (Fsp3) is 0.364. The van der Waals surface area contributed by atoms with E-state index in [9.17, 15) is 14.9 Å². The molecule has 0 saturated carbocycles. The maximum Gasteiger partial charge on any atom is 0.274 e. The van der Waals surface area contributed by atoms with E-state index in [0.717, 1.165) is 0 Å². The van der Waals surface area contributed by atoms with Crippen molar-refractivity contribution in [3.63, 3.8) is 0 Å².